The second kappa shape index (κ2) is 6.33. The highest BCUT2D eigenvalue weighted by Crippen LogP contribution is 2.44. The van der Waals surface area contributed by atoms with Crippen LogP contribution < -0.4 is 5.32 Å². The Labute approximate surface area is 132 Å². The van der Waals surface area contributed by atoms with Crippen molar-refractivity contribution in [1.82, 2.24) is 5.32 Å². The summed E-state index contributed by atoms with van der Waals surface area (Å²) in [6.07, 6.45) is 3.98. The number of hydrogen-bond acceptors (Lipinski definition) is 2. The first-order valence-electron chi connectivity index (χ1n) is 8.09. The molecule has 0 radical (unpaired) electrons. The number of thiophene rings is 1. The lowest BCUT2D eigenvalue weighted by molar-refractivity contribution is 0.488. The zero-order chi connectivity index (χ0) is 14.8. The van der Waals surface area contributed by atoms with Gasteiger partial charge in [-0.2, -0.15) is 0 Å². The summed E-state index contributed by atoms with van der Waals surface area (Å²) in [7, 11) is 0. The molecular formula is C19H25NS. The minimum Gasteiger partial charge on any atom is -0.309 e. The summed E-state index contributed by atoms with van der Waals surface area (Å²) in [4.78, 5) is 2.92. The van der Waals surface area contributed by atoms with E-state index in [2.05, 4.69) is 56.4 Å². The third-order valence-corrected chi connectivity index (χ3v) is 5.49. The summed E-state index contributed by atoms with van der Waals surface area (Å²) in [6.45, 7) is 7.74. The van der Waals surface area contributed by atoms with Crippen LogP contribution >= 0.6 is 11.3 Å². The molecular weight excluding hydrogens is 274 g/mol. The standard InChI is InChI=1S/C19H25NS/c1-4-11-20-19(15-6-7-15)18-10-9-17(21-18)16-8-5-13(2)12-14(16)3/h5,8-10,12,15,19-20H,4,6-7,11H2,1-3H3. The third-order valence-electron chi connectivity index (χ3n) is 4.29. The first-order valence-corrected chi connectivity index (χ1v) is 8.91. The fourth-order valence-electron chi connectivity index (χ4n) is 2.98. The molecule has 1 N–H and O–H groups in total. The molecule has 2 aromatic rings. The summed E-state index contributed by atoms with van der Waals surface area (Å²) >= 11 is 1.97. The smallest absolute Gasteiger partial charge is 0.0443 e. The highest BCUT2D eigenvalue weighted by atomic mass is 32.1. The van der Waals surface area contributed by atoms with Crippen molar-refractivity contribution in [2.75, 3.05) is 6.54 Å². The summed E-state index contributed by atoms with van der Waals surface area (Å²) in [6, 6.07) is 12.0. The molecule has 1 nitrogen and oxygen atoms in total. The Balaban J connectivity index is 1.84. The largest absolute Gasteiger partial charge is 0.309 e. The highest BCUT2D eigenvalue weighted by molar-refractivity contribution is 7.15. The van der Waals surface area contributed by atoms with Crippen molar-refractivity contribution in [3.63, 3.8) is 0 Å². The number of nitrogens with one attached hydrogen (secondary N) is 1. The molecule has 3 rings (SSSR count). The molecule has 1 atom stereocenters. The molecule has 1 saturated carbocycles. The van der Waals surface area contributed by atoms with Gasteiger partial charge < -0.3 is 5.32 Å². The molecule has 0 aliphatic heterocycles. The van der Waals surface area contributed by atoms with E-state index >= 15 is 0 Å². The molecule has 1 aromatic heterocycles. The van der Waals surface area contributed by atoms with Gasteiger partial charge in [0.15, 0.2) is 0 Å². The van der Waals surface area contributed by atoms with E-state index in [1.54, 1.807) is 0 Å². The van der Waals surface area contributed by atoms with Gasteiger partial charge in [0.1, 0.15) is 0 Å². The Morgan fingerprint density at radius 2 is 2.00 bits per heavy atom. The Hall–Kier alpha value is -1.12. The second-order valence-corrected chi connectivity index (χ2v) is 7.40. The van der Waals surface area contributed by atoms with Crippen LogP contribution in [-0.4, -0.2) is 6.54 Å². The van der Waals surface area contributed by atoms with Crippen molar-refractivity contribution in [3.8, 4) is 10.4 Å². The molecule has 112 valence electrons. The zero-order valence-corrected chi connectivity index (χ0v) is 14.1. The molecule has 1 aromatic carbocycles. The van der Waals surface area contributed by atoms with Gasteiger partial charge in [0.25, 0.3) is 0 Å². The molecule has 2 heteroatoms. The van der Waals surface area contributed by atoms with E-state index in [1.165, 1.54) is 45.7 Å². The lowest BCUT2D eigenvalue weighted by atomic mass is 10.0. The van der Waals surface area contributed by atoms with Crippen LogP contribution in [0.15, 0.2) is 30.3 Å². The normalized spacial score (nSPS) is 16.1. The van der Waals surface area contributed by atoms with Crippen LogP contribution in [0.2, 0.25) is 0 Å². The maximum Gasteiger partial charge on any atom is 0.0443 e. The zero-order valence-electron chi connectivity index (χ0n) is 13.3. The Kier molecular flexibility index (Phi) is 4.46. The van der Waals surface area contributed by atoms with Crippen molar-refractivity contribution >= 4 is 11.3 Å². The molecule has 0 saturated heterocycles. The molecule has 1 heterocycles. The minimum atomic E-state index is 0.578. The quantitative estimate of drug-likeness (QED) is 0.744. The van der Waals surface area contributed by atoms with Crippen molar-refractivity contribution in [2.45, 2.75) is 46.1 Å². The van der Waals surface area contributed by atoms with Crippen molar-refractivity contribution in [1.29, 1.82) is 0 Å². The fraction of sp³-hybridized carbons (Fsp3) is 0.474. The SMILES string of the molecule is CCCNC(c1ccc(-c2ccc(C)cc2C)s1)C1CC1. The predicted molar refractivity (Wildman–Crippen MR) is 93.0 cm³/mol. The van der Waals surface area contributed by atoms with Gasteiger partial charge in [0, 0.05) is 15.8 Å². The van der Waals surface area contributed by atoms with Gasteiger partial charge in [-0.05, 0) is 68.8 Å². The van der Waals surface area contributed by atoms with E-state index in [9.17, 15) is 0 Å². The number of hydrogen-bond donors (Lipinski definition) is 1. The maximum absolute atomic E-state index is 3.75. The van der Waals surface area contributed by atoms with Gasteiger partial charge in [0.05, 0.1) is 0 Å². The lowest BCUT2D eigenvalue weighted by Gasteiger charge is -2.16. The van der Waals surface area contributed by atoms with Gasteiger partial charge in [-0.3, -0.25) is 0 Å². The minimum absolute atomic E-state index is 0.578. The average molecular weight is 299 g/mol. The van der Waals surface area contributed by atoms with Crippen LogP contribution in [-0.2, 0) is 0 Å². The molecule has 1 aliphatic carbocycles. The number of aryl methyl sites for hydroxylation is 2. The van der Waals surface area contributed by atoms with Crippen LogP contribution in [0.4, 0.5) is 0 Å². The van der Waals surface area contributed by atoms with E-state index < -0.39 is 0 Å². The van der Waals surface area contributed by atoms with E-state index in [1.807, 2.05) is 11.3 Å². The first kappa shape index (κ1) is 14.8. The number of rotatable bonds is 6. The van der Waals surface area contributed by atoms with E-state index in [4.69, 9.17) is 0 Å². The third kappa shape index (κ3) is 3.38. The second-order valence-electron chi connectivity index (χ2n) is 6.29. The summed E-state index contributed by atoms with van der Waals surface area (Å²) in [5.41, 5.74) is 4.11. The molecule has 0 spiro atoms. The lowest BCUT2D eigenvalue weighted by Crippen LogP contribution is -2.22. The van der Waals surface area contributed by atoms with Gasteiger partial charge in [-0.25, -0.2) is 0 Å². The van der Waals surface area contributed by atoms with Gasteiger partial charge in [-0.1, -0.05) is 30.7 Å². The summed E-state index contributed by atoms with van der Waals surface area (Å²) in [5, 5.41) is 3.75. The Morgan fingerprint density at radius 3 is 2.67 bits per heavy atom. The molecule has 21 heavy (non-hydrogen) atoms. The summed E-state index contributed by atoms with van der Waals surface area (Å²) < 4.78 is 0. The van der Waals surface area contributed by atoms with Crippen LogP contribution in [0, 0.1) is 19.8 Å². The maximum atomic E-state index is 3.75. The Morgan fingerprint density at radius 1 is 1.19 bits per heavy atom. The fourth-order valence-corrected chi connectivity index (χ4v) is 4.25. The van der Waals surface area contributed by atoms with Crippen molar-refractivity contribution in [2.24, 2.45) is 5.92 Å². The molecule has 1 unspecified atom stereocenters. The molecule has 1 fully saturated rings. The monoisotopic (exact) mass is 299 g/mol. The predicted octanol–water partition coefficient (Wildman–Crippen LogP) is 5.48. The van der Waals surface area contributed by atoms with Crippen LogP contribution in [0.1, 0.15) is 48.2 Å². The van der Waals surface area contributed by atoms with Gasteiger partial charge in [-0.15, -0.1) is 11.3 Å². The van der Waals surface area contributed by atoms with Gasteiger partial charge >= 0.3 is 0 Å². The molecule has 1 aliphatic rings. The summed E-state index contributed by atoms with van der Waals surface area (Å²) in [5.74, 6) is 0.863. The molecule has 0 amide bonds. The molecule has 0 bridgehead atoms. The van der Waals surface area contributed by atoms with E-state index in [0.29, 0.717) is 6.04 Å². The topological polar surface area (TPSA) is 12.0 Å². The van der Waals surface area contributed by atoms with Crippen LogP contribution in [0.3, 0.4) is 0 Å². The van der Waals surface area contributed by atoms with Crippen molar-refractivity contribution in [3.05, 3.63) is 46.3 Å². The van der Waals surface area contributed by atoms with Crippen molar-refractivity contribution < 1.29 is 0 Å². The van der Waals surface area contributed by atoms with Crippen LogP contribution in [0.25, 0.3) is 10.4 Å². The highest BCUT2D eigenvalue weighted by Gasteiger charge is 2.32. The average Bonchev–Trinajstić information content (AvgIpc) is 3.18. The van der Waals surface area contributed by atoms with Gasteiger partial charge in [0.2, 0.25) is 0 Å². The number of benzene rings is 1. The Bertz CT molecular complexity index is 610. The van der Waals surface area contributed by atoms with E-state index in [-0.39, 0.29) is 0 Å². The first-order chi connectivity index (χ1) is 10.2. The van der Waals surface area contributed by atoms with E-state index in [0.717, 1.165) is 12.5 Å². The van der Waals surface area contributed by atoms with Crippen LogP contribution in [0.5, 0.6) is 0 Å².